The van der Waals surface area contributed by atoms with Gasteiger partial charge in [-0.3, -0.25) is 9.69 Å². The van der Waals surface area contributed by atoms with Gasteiger partial charge < -0.3 is 10.1 Å². The lowest BCUT2D eigenvalue weighted by Crippen LogP contribution is -2.38. The number of anilines is 1. The second-order valence-corrected chi connectivity index (χ2v) is 8.05. The van der Waals surface area contributed by atoms with Crippen molar-refractivity contribution in [2.45, 2.75) is 39.6 Å². The molecule has 9 nitrogen and oxygen atoms in total. The van der Waals surface area contributed by atoms with E-state index in [0.717, 1.165) is 20.7 Å². The fourth-order valence-corrected chi connectivity index (χ4v) is 3.52. The fraction of sp³-hybridized carbons (Fsp3) is 0.273. The minimum Gasteiger partial charge on any atom is -0.491 e. The molecule has 2 amide bonds. The third-order valence-corrected chi connectivity index (χ3v) is 5.11. The van der Waals surface area contributed by atoms with Gasteiger partial charge in [0.05, 0.1) is 12.6 Å². The maximum atomic E-state index is 12.9. The van der Waals surface area contributed by atoms with E-state index in [1.165, 1.54) is 4.90 Å². The Labute approximate surface area is 189 Å². The van der Waals surface area contributed by atoms with Gasteiger partial charge in [0.25, 0.3) is 0 Å². The summed E-state index contributed by atoms with van der Waals surface area (Å²) in [4.78, 5) is 43.0. The number of hydrogen-bond donors (Lipinski definition) is 1. The van der Waals surface area contributed by atoms with Gasteiger partial charge in [-0.1, -0.05) is 23.7 Å². The molecule has 0 radical (unpaired) electrons. The topological polar surface area (TPSA) is 98.5 Å². The van der Waals surface area contributed by atoms with E-state index < -0.39 is 17.6 Å². The lowest BCUT2D eigenvalue weighted by atomic mass is 10.2. The number of nitrogens with one attached hydrogen (secondary N) is 1. The second kappa shape index (κ2) is 8.88. The molecule has 32 heavy (non-hydrogen) atoms. The summed E-state index contributed by atoms with van der Waals surface area (Å²) < 4.78 is 7.79. The number of aromatic nitrogens is 3. The van der Waals surface area contributed by atoms with Gasteiger partial charge in [0.1, 0.15) is 12.3 Å². The van der Waals surface area contributed by atoms with Gasteiger partial charge in [0.2, 0.25) is 5.91 Å². The molecule has 1 aliphatic heterocycles. The number of hydrogen-bond acceptors (Lipinski definition) is 5. The molecule has 3 aromatic rings. The molecule has 0 spiro atoms. The standard InChI is InChI=1S/C22H22ClN5O4/c1-14(2)32-18-9-3-15(4-10-18)11-24-20(29)13-27-21(30)25-19-12-26(22(31)28(19)27)17-7-5-16(23)6-8-17/h3-10,14H,11-13H2,1-2H3,(H,24,29). The molecular weight excluding hydrogens is 434 g/mol. The first kappa shape index (κ1) is 21.6. The summed E-state index contributed by atoms with van der Waals surface area (Å²) in [6.07, 6.45) is 0.0783. The van der Waals surface area contributed by atoms with Crippen molar-refractivity contribution in [3.63, 3.8) is 0 Å². The maximum absolute atomic E-state index is 12.9. The van der Waals surface area contributed by atoms with E-state index in [1.807, 2.05) is 38.1 Å². The van der Waals surface area contributed by atoms with Gasteiger partial charge in [0.15, 0.2) is 5.82 Å². The zero-order valence-electron chi connectivity index (χ0n) is 17.6. The lowest BCUT2D eigenvalue weighted by Gasteiger charge is -2.15. The van der Waals surface area contributed by atoms with E-state index in [1.54, 1.807) is 24.3 Å². The van der Waals surface area contributed by atoms with Crippen LogP contribution < -0.4 is 20.6 Å². The summed E-state index contributed by atoms with van der Waals surface area (Å²) in [7, 11) is 0. The Kier molecular flexibility index (Phi) is 6.00. The van der Waals surface area contributed by atoms with Gasteiger partial charge in [-0.2, -0.15) is 9.67 Å². The molecule has 0 fully saturated rings. The van der Waals surface area contributed by atoms with Crippen LogP contribution in [0.4, 0.5) is 10.5 Å². The molecule has 2 heterocycles. The average Bonchev–Trinajstić information content (AvgIpc) is 3.23. The van der Waals surface area contributed by atoms with Crippen LogP contribution in [0.25, 0.3) is 0 Å². The third kappa shape index (κ3) is 4.52. The van der Waals surface area contributed by atoms with Gasteiger partial charge in [-0.15, -0.1) is 0 Å². The highest BCUT2D eigenvalue weighted by molar-refractivity contribution is 6.30. The number of carbonyl (C=O) groups excluding carboxylic acids is 2. The molecular formula is C22H22ClN5O4. The van der Waals surface area contributed by atoms with Crippen molar-refractivity contribution in [2.24, 2.45) is 0 Å². The number of fused-ring (bicyclic) bond motifs is 1. The number of ether oxygens (including phenoxy) is 1. The summed E-state index contributed by atoms with van der Waals surface area (Å²) in [6, 6.07) is 13.7. The Morgan fingerprint density at radius 2 is 1.81 bits per heavy atom. The fourth-order valence-electron chi connectivity index (χ4n) is 3.39. The van der Waals surface area contributed by atoms with E-state index >= 15 is 0 Å². The molecule has 0 bridgehead atoms. The van der Waals surface area contributed by atoms with E-state index in [9.17, 15) is 14.4 Å². The first-order chi connectivity index (χ1) is 15.3. The van der Waals surface area contributed by atoms with Crippen LogP contribution in [0.1, 0.15) is 25.2 Å². The number of amides is 2. The van der Waals surface area contributed by atoms with Crippen molar-refractivity contribution in [3.05, 3.63) is 75.4 Å². The van der Waals surface area contributed by atoms with Crippen LogP contribution in [0.15, 0.2) is 53.3 Å². The summed E-state index contributed by atoms with van der Waals surface area (Å²) >= 11 is 5.91. The first-order valence-corrected chi connectivity index (χ1v) is 10.5. The van der Waals surface area contributed by atoms with E-state index in [2.05, 4.69) is 10.3 Å². The molecule has 0 unspecified atom stereocenters. The molecule has 166 valence electrons. The normalized spacial score (nSPS) is 12.9. The van der Waals surface area contributed by atoms with Gasteiger partial charge >= 0.3 is 11.7 Å². The second-order valence-electron chi connectivity index (χ2n) is 7.61. The summed E-state index contributed by atoms with van der Waals surface area (Å²) in [5.41, 5.74) is 0.859. The Hall–Kier alpha value is -3.59. The molecule has 0 atom stereocenters. The molecule has 0 aliphatic carbocycles. The molecule has 4 rings (SSSR count). The summed E-state index contributed by atoms with van der Waals surface area (Å²) in [5.74, 6) is 0.624. The maximum Gasteiger partial charge on any atom is 0.365 e. The van der Waals surface area contributed by atoms with Crippen LogP contribution in [0, 0.1) is 0 Å². The minimum atomic E-state index is -0.644. The van der Waals surface area contributed by atoms with Crippen LogP contribution in [-0.2, 0) is 24.4 Å². The van der Waals surface area contributed by atoms with Crippen molar-refractivity contribution in [3.8, 4) is 5.75 Å². The van der Waals surface area contributed by atoms with Crippen molar-refractivity contribution in [1.29, 1.82) is 0 Å². The van der Waals surface area contributed by atoms with Gasteiger partial charge in [0, 0.05) is 17.3 Å². The highest BCUT2D eigenvalue weighted by Gasteiger charge is 2.33. The highest BCUT2D eigenvalue weighted by Crippen LogP contribution is 2.24. The largest absolute Gasteiger partial charge is 0.491 e. The predicted octanol–water partition coefficient (Wildman–Crippen LogP) is 2.79. The first-order valence-electron chi connectivity index (χ1n) is 10.1. The zero-order valence-corrected chi connectivity index (χ0v) is 18.4. The van der Waals surface area contributed by atoms with Crippen molar-refractivity contribution >= 4 is 29.2 Å². The minimum absolute atomic E-state index is 0.0783. The summed E-state index contributed by atoms with van der Waals surface area (Å²) in [6.45, 7) is 3.99. The van der Waals surface area contributed by atoms with Crippen LogP contribution in [0.5, 0.6) is 5.75 Å². The molecule has 2 aromatic carbocycles. The van der Waals surface area contributed by atoms with Crippen LogP contribution >= 0.6 is 11.6 Å². The highest BCUT2D eigenvalue weighted by atomic mass is 35.5. The lowest BCUT2D eigenvalue weighted by molar-refractivity contribution is -0.122. The van der Waals surface area contributed by atoms with E-state index in [-0.39, 0.29) is 31.6 Å². The molecule has 10 heteroatoms. The SMILES string of the molecule is CC(C)Oc1ccc(CNC(=O)Cn2c(=O)nc3n2C(=O)N(c2ccc(Cl)cc2)C3)cc1. The monoisotopic (exact) mass is 455 g/mol. The number of benzene rings is 2. The predicted molar refractivity (Wildman–Crippen MR) is 119 cm³/mol. The Morgan fingerprint density at radius 1 is 1.12 bits per heavy atom. The van der Waals surface area contributed by atoms with Gasteiger partial charge in [-0.25, -0.2) is 14.3 Å². The molecule has 0 saturated carbocycles. The third-order valence-electron chi connectivity index (χ3n) is 4.86. The zero-order chi connectivity index (χ0) is 22.8. The smallest absolute Gasteiger partial charge is 0.365 e. The number of halogens is 1. The molecule has 1 aromatic heterocycles. The van der Waals surface area contributed by atoms with E-state index in [0.29, 0.717) is 10.7 Å². The number of rotatable bonds is 7. The van der Waals surface area contributed by atoms with E-state index in [4.69, 9.17) is 16.3 Å². The van der Waals surface area contributed by atoms with Crippen molar-refractivity contribution < 1.29 is 14.3 Å². The molecule has 1 N–H and O–H groups in total. The van der Waals surface area contributed by atoms with Crippen LogP contribution in [0.3, 0.4) is 0 Å². The summed E-state index contributed by atoms with van der Waals surface area (Å²) in [5, 5.41) is 3.31. The van der Waals surface area contributed by atoms with Crippen molar-refractivity contribution in [1.82, 2.24) is 19.7 Å². The quantitative estimate of drug-likeness (QED) is 0.590. The average molecular weight is 456 g/mol. The van der Waals surface area contributed by atoms with Crippen LogP contribution in [-0.4, -0.2) is 32.4 Å². The molecule has 0 saturated heterocycles. The van der Waals surface area contributed by atoms with Crippen LogP contribution in [0.2, 0.25) is 5.02 Å². The Morgan fingerprint density at radius 3 is 2.47 bits per heavy atom. The number of carbonyl (C=O) groups is 2. The van der Waals surface area contributed by atoms with Gasteiger partial charge in [-0.05, 0) is 55.8 Å². The van der Waals surface area contributed by atoms with Crippen molar-refractivity contribution in [2.75, 3.05) is 4.90 Å². The molecule has 1 aliphatic rings. The number of nitrogens with zero attached hydrogens (tertiary/aromatic N) is 4. The Balaban J connectivity index is 1.42. The Bertz CT molecular complexity index is 1200.